The van der Waals surface area contributed by atoms with E-state index >= 15 is 0 Å². The summed E-state index contributed by atoms with van der Waals surface area (Å²) in [6, 6.07) is 7.95. The van der Waals surface area contributed by atoms with Gasteiger partial charge in [-0.15, -0.1) is 0 Å². The molecule has 2 amide bonds. The van der Waals surface area contributed by atoms with Crippen LogP contribution in [0.3, 0.4) is 0 Å². The van der Waals surface area contributed by atoms with Crippen molar-refractivity contribution in [3.8, 4) is 11.5 Å². The van der Waals surface area contributed by atoms with Crippen LogP contribution in [0.1, 0.15) is 17.5 Å². The fourth-order valence-corrected chi connectivity index (χ4v) is 4.62. The zero-order valence-corrected chi connectivity index (χ0v) is 20.8. The highest BCUT2D eigenvalue weighted by Gasteiger charge is 2.41. The van der Waals surface area contributed by atoms with E-state index in [9.17, 15) is 27.9 Å². The summed E-state index contributed by atoms with van der Waals surface area (Å²) in [5, 5.41) is 12.0. The zero-order chi connectivity index (χ0) is 27.5. The number of hydrogen-bond acceptors (Lipinski definition) is 7. The molecular weight excluding hydrogens is 509 g/mol. The Kier molecular flexibility index (Phi) is 7.95. The molecule has 4 rings (SSSR count). The van der Waals surface area contributed by atoms with Crippen molar-refractivity contribution in [2.45, 2.75) is 18.2 Å². The predicted molar refractivity (Wildman–Crippen MR) is 131 cm³/mol. The standard InChI is InChI=1S/C26H27F3N2O7/c1-35-14-25(15-36-2)12-16(18-7-6-17(26(27,28)29)11-21(18)38-25)10-22(33)30-19-4-3-5-20-24(19)37-13-23(34)31(20)8-9-32/h3-7,10-11,32H,8-9,12-15H2,1-2H3,(H,30,33)/b16-10+. The lowest BCUT2D eigenvalue weighted by Gasteiger charge is -2.39. The Morgan fingerprint density at radius 2 is 1.95 bits per heavy atom. The van der Waals surface area contributed by atoms with Crippen LogP contribution in [0.5, 0.6) is 11.5 Å². The monoisotopic (exact) mass is 536 g/mol. The molecule has 38 heavy (non-hydrogen) atoms. The van der Waals surface area contributed by atoms with E-state index in [2.05, 4.69) is 5.32 Å². The minimum absolute atomic E-state index is 0.00420. The van der Waals surface area contributed by atoms with Crippen molar-refractivity contribution in [3.63, 3.8) is 0 Å². The van der Waals surface area contributed by atoms with Crippen molar-refractivity contribution in [1.82, 2.24) is 0 Å². The van der Waals surface area contributed by atoms with Gasteiger partial charge in [0.1, 0.15) is 5.75 Å². The average Bonchev–Trinajstić information content (AvgIpc) is 2.85. The van der Waals surface area contributed by atoms with Crippen LogP contribution in [0.4, 0.5) is 24.5 Å². The van der Waals surface area contributed by atoms with Gasteiger partial charge in [0.05, 0.1) is 36.8 Å². The molecule has 0 spiro atoms. The van der Waals surface area contributed by atoms with Crippen molar-refractivity contribution in [2.75, 3.05) is 57.4 Å². The number of amides is 2. The Bertz CT molecular complexity index is 1240. The first-order valence-corrected chi connectivity index (χ1v) is 11.7. The summed E-state index contributed by atoms with van der Waals surface area (Å²) in [6.45, 7) is -0.442. The van der Waals surface area contributed by atoms with Crippen LogP contribution in [0.2, 0.25) is 0 Å². The highest BCUT2D eigenvalue weighted by atomic mass is 19.4. The number of carbonyl (C=O) groups is 2. The first-order chi connectivity index (χ1) is 18.1. The Morgan fingerprint density at radius 1 is 1.21 bits per heavy atom. The lowest BCUT2D eigenvalue weighted by atomic mass is 9.86. The molecule has 0 atom stereocenters. The molecule has 2 aliphatic heterocycles. The van der Waals surface area contributed by atoms with Crippen LogP contribution in [-0.4, -0.2) is 69.7 Å². The van der Waals surface area contributed by atoms with Gasteiger partial charge in [-0.25, -0.2) is 0 Å². The minimum Gasteiger partial charge on any atom is -0.481 e. The highest BCUT2D eigenvalue weighted by molar-refractivity contribution is 6.07. The average molecular weight is 537 g/mol. The molecule has 0 saturated heterocycles. The minimum atomic E-state index is -4.58. The summed E-state index contributed by atoms with van der Waals surface area (Å²) >= 11 is 0. The van der Waals surface area contributed by atoms with E-state index in [-0.39, 0.29) is 56.8 Å². The Morgan fingerprint density at radius 3 is 2.61 bits per heavy atom. The molecule has 0 radical (unpaired) electrons. The van der Waals surface area contributed by atoms with E-state index in [1.54, 1.807) is 18.2 Å². The van der Waals surface area contributed by atoms with Crippen LogP contribution in [0, 0.1) is 0 Å². The summed E-state index contributed by atoms with van der Waals surface area (Å²) in [6.07, 6.45) is -3.17. The number of benzene rings is 2. The number of halogens is 3. The fourth-order valence-electron chi connectivity index (χ4n) is 4.62. The first-order valence-electron chi connectivity index (χ1n) is 11.7. The van der Waals surface area contributed by atoms with Gasteiger partial charge >= 0.3 is 6.18 Å². The van der Waals surface area contributed by atoms with Gasteiger partial charge in [0.2, 0.25) is 5.91 Å². The van der Waals surface area contributed by atoms with Crippen molar-refractivity contribution in [1.29, 1.82) is 0 Å². The summed E-state index contributed by atoms with van der Waals surface area (Å²) in [5.41, 5.74) is -0.597. The molecule has 2 aromatic carbocycles. The molecule has 9 nitrogen and oxygen atoms in total. The molecule has 2 aliphatic rings. The number of carbonyl (C=O) groups excluding carboxylic acids is 2. The number of methoxy groups -OCH3 is 2. The van der Waals surface area contributed by atoms with Crippen molar-refractivity contribution < 1.29 is 46.8 Å². The summed E-state index contributed by atoms with van der Waals surface area (Å²) in [5.74, 6) is -0.679. The number of fused-ring (bicyclic) bond motifs is 2. The van der Waals surface area contributed by atoms with Gasteiger partial charge in [-0.3, -0.25) is 9.59 Å². The maximum atomic E-state index is 13.4. The molecule has 2 N–H and O–H groups in total. The molecular formula is C26H27F3N2O7. The van der Waals surface area contributed by atoms with Crippen LogP contribution in [0.15, 0.2) is 42.5 Å². The summed E-state index contributed by atoms with van der Waals surface area (Å²) < 4.78 is 62.3. The lowest BCUT2D eigenvalue weighted by Crippen LogP contribution is -2.47. The van der Waals surface area contributed by atoms with Gasteiger partial charge in [0.25, 0.3) is 5.91 Å². The van der Waals surface area contributed by atoms with E-state index in [1.165, 1.54) is 31.3 Å². The van der Waals surface area contributed by atoms with Gasteiger partial charge in [-0.05, 0) is 29.8 Å². The number of anilines is 2. The van der Waals surface area contributed by atoms with E-state index in [0.717, 1.165) is 12.1 Å². The molecule has 0 saturated carbocycles. The van der Waals surface area contributed by atoms with E-state index in [0.29, 0.717) is 22.5 Å². The second kappa shape index (κ2) is 11.0. The molecule has 0 aromatic heterocycles. The number of alkyl halides is 3. The highest BCUT2D eigenvalue weighted by Crippen LogP contribution is 2.44. The number of nitrogens with one attached hydrogen (secondary N) is 1. The van der Waals surface area contributed by atoms with Gasteiger partial charge in [-0.2, -0.15) is 13.2 Å². The third-order valence-electron chi connectivity index (χ3n) is 6.12. The second-order valence-electron chi connectivity index (χ2n) is 8.91. The molecule has 12 heteroatoms. The normalized spacial score (nSPS) is 17.4. The van der Waals surface area contributed by atoms with Gasteiger partial charge < -0.3 is 34.3 Å². The first kappa shape index (κ1) is 27.4. The maximum absolute atomic E-state index is 13.4. The van der Waals surface area contributed by atoms with Crippen LogP contribution >= 0.6 is 0 Å². The smallest absolute Gasteiger partial charge is 0.416 e. The number of aliphatic hydroxyl groups excluding tert-OH is 1. The number of hydrogen-bond donors (Lipinski definition) is 2. The predicted octanol–water partition coefficient (Wildman–Crippen LogP) is 3.26. The van der Waals surface area contributed by atoms with Crippen molar-refractivity contribution in [3.05, 3.63) is 53.6 Å². The maximum Gasteiger partial charge on any atom is 0.416 e. The Hall–Kier alpha value is -3.61. The molecule has 0 aliphatic carbocycles. The molecule has 2 aromatic rings. The topological polar surface area (TPSA) is 107 Å². The van der Waals surface area contributed by atoms with Gasteiger partial charge in [0.15, 0.2) is 18.0 Å². The quantitative estimate of drug-likeness (QED) is 0.499. The van der Waals surface area contributed by atoms with Crippen molar-refractivity contribution in [2.24, 2.45) is 0 Å². The third kappa shape index (κ3) is 5.62. The summed E-state index contributed by atoms with van der Waals surface area (Å²) in [7, 11) is 2.86. The van der Waals surface area contributed by atoms with E-state index in [4.69, 9.17) is 18.9 Å². The van der Waals surface area contributed by atoms with Gasteiger partial charge in [-0.1, -0.05) is 12.1 Å². The molecule has 204 valence electrons. The number of rotatable bonds is 8. The van der Waals surface area contributed by atoms with Crippen LogP contribution < -0.4 is 19.7 Å². The fraction of sp³-hybridized carbons (Fsp3) is 0.385. The number of para-hydroxylation sites is 1. The summed E-state index contributed by atoms with van der Waals surface area (Å²) in [4.78, 5) is 26.7. The number of nitrogens with zero attached hydrogens (tertiary/aromatic N) is 1. The van der Waals surface area contributed by atoms with Crippen LogP contribution in [0.25, 0.3) is 5.57 Å². The third-order valence-corrected chi connectivity index (χ3v) is 6.12. The number of ether oxygens (including phenoxy) is 4. The molecule has 0 fully saturated rings. The lowest BCUT2D eigenvalue weighted by molar-refractivity contribution is -0.138. The number of β-amino-alcohol motifs (C(OH)–C–C–N with tert-alkyl or cyclic N) is 1. The second-order valence-corrected chi connectivity index (χ2v) is 8.91. The largest absolute Gasteiger partial charge is 0.481 e. The van der Waals surface area contributed by atoms with Gasteiger partial charge in [0, 0.05) is 38.8 Å². The molecule has 0 bridgehead atoms. The zero-order valence-electron chi connectivity index (χ0n) is 20.8. The number of aliphatic hydroxyl groups is 1. The van der Waals surface area contributed by atoms with Crippen LogP contribution in [-0.2, 0) is 25.2 Å². The van der Waals surface area contributed by atoms with E-state index < -0.39 is 23.2 Å². The van der Waals surface area contributed by atoms with Crippen molar-refractivity contribution >= 4 is 28.8 Å². The molecule has 0 unspecified atom stereocenters. The SMILES string of the molecule is COCC1(COC)C/C(=C\C(=O)Nc2cccc3c2OCC(=O)N3CCO)c2ccc(C(F)(F)F)cc2O1. The van der Waals surface area contributed by atoms with E-state index in [1.807, 2.05) is 0 Å². The molecule has 2 heterocycles. The Labute approximate surface area is 216 Å². The Balaban J connectivity index is 1.70.